The maximum Gasteiger partial charge on any atom is 0.308 e. The molecule has 2 bridgehead atoms. The van der Waals surface area contributed by atoms with Crippen LogP contribution in [0.15, 0.2) is 0 Å². The van der Waals surface area contributed by atoms with Crippen LogP contribution in [0.4, 0.5) is 0 Å². The van der Waals surface area contributed by atoms with Crippen LogP contribution in [0.3, 0.4) is 0 Å². The average Bonchev–Trinajstić information content (AvgIpc) is 2.66. The molecule has 3 saturated carbocycles. The predicted octanol–water partition coefficient (Wildman–Crippen LogP) is 0.552. The number of carbonyl (C=O) groups excluding carboxylic acids is 1. The van der Waals surface area contributed by atoms with Gasteiger partial charge in [0.25, 0.3) is 10.1 Å². The number of rotatable bonds is 4. The summed E-state index contributed by atoms with van der Waals surface area (Å²) in [7, 11) is -2.00. The maximum atomic E-state index is 11.4. The van der Waals surface area contributed by atoms with Gasteiger partial charge in [-0.05, 0) is 30.6 Å². The van der Waals surface area contributed by atoms with Crippen LogP contribution in [0, 0.1) is 17.3 Å². The largest absolute Gasteiger partial charge is 0.469 e. The Morgan fingerprint density at radius 3 is 2.50 bits per heavy atom. The molecule has 6 heteroatoms. The molecule has 0 aromatic carbocycles. The van der Waals surface area contributed by atoms with Gasteiger partial charge in [-0.2, -0.15) is 8.42 Å². The van der Waals surface area contributed by atoms with Gasteiger partial charge in [-0.15, -0.1) is 0 Å². The molecule has 0 aromatic heterocycles. The lowest BCUT2D eigenvalue weighted by molar-refractivity contribution is -0.146. The summed E-state index contributed by atoms with van der Waals surface area (Å²) in [5, 5.41) is 0. The van der Waals surface area contributed by atoms with E-state index >= 15 is 0 Å². The van der Waals surface area contributed by atoms with Crippen LogP contribution in [0.25, 0.3) is 0 Å². The summed E-state index contributed by atoms with van der Waals surface area (Å²) >= 11 is 0. The Kier molecular flexibility index (Phi) is 2.74. The molecule has 92 valence electrons. The van der Waals surface area contributed by atoms with E-state index in [1.54, 1.807) is 0 Å². The van der Waals surface area contributed by atoms with Crippen molar-refractivity contribution in [1.29, 1.82) is 0 Å². The third-order valence-corrected chi connectivity index (χ3v) is 4.24. The fourth-order valence-electron chi connectivity index (χ4n) is 2.97. The van der Waals surface area contributed by atoms with Gasteiger partial charge >= 0.3 is 5.97 Å². The molecule has 16 heavy (non-hydrogen) atoms. The second-order valence-corrected chi connectivity index (χ2v) is 6.61. The lowest BCUT2D eigenvalue weighted by atomic mass is 9.70. The molecule has 0 saturated heterocycles. The maximum absolute atomic E-state index is 11.4. The first-order chi connectivity index (χ1) is 7.35. The Balaban J connectivity index is 1.93. The number of hydrogen-bond donors (Lipinski definition) is 0. The average molecular weight is 248 g/mol. The van der Waals surface area contributed by atoms with Crippen LogP contribution in [-0.4, -0.2) is 34.4 Å². The predicted molar refractivity (Wildman–Crippen MR) is 56.1 cm³/mol. The molecular formula is C10H16O5S. The van der Waals surface area contributed by atoms with Crippen molar-refractivity contribution in [3.8, 4) is 0 Å². The monoisotopic (exact) mass is 248 g/mol. The normalized spacial score (nSPS) is 36.9. The molecule has 3 aliphatic carbocycles. The number of hydrogen-bond acceptors (Lipinski definition) is 5. The first-order valence-corrected chi connectivity index (χ1v) is 7.09. The summed E-state index contributed by atoms with van der Waals surface area (Å²) in [6.07, 6.45) is 3.50. The molecule has 0 N–H and O–H groups in total. The number of ether oxygens (including phenoxy) is 1. The standard InChI is InChI=1S/C10H16O5S/c1-14-9(11)8-5-10(3-7(8)4-10)6-15-16(2,12)13/h7-8H,3-6H2,1-2H3/t7?,8-,10?/m0/s1. The van der Waals surface area contributed by atoms with Crippen LogP contribution in [0.5, 0.6) is 0 Å². The van der Waals surface area contributed by atoms with E-state index in [1.807, 2.05) is 0 Å². The lowest BCUT2D eigenvalue weighted by Crippen LogP contribution is -2.34. The van der Waals surface area contributed by atoms with Gasteiger partial charge in [0, 0.05) is 0 Å². The molecule has 0 aromatic rings. The van der Waals surface area contributed by atoms with E-state index in [0.717, 1.165) is 19.1 Å². The first kappa shape index (κ1) is 11.9. The molecule has 0 aliphatic heterocycles. The highest BCUT2D eigenvalue weighted by Crippen LogP contribution is 2.62. The minimum atomic E-state index is -3.38. The minimum absolute atomic E-state index is 0.0619. The second-order valence-electron chi connectivity index (χ2n) is 4.97. The van der Waals surface area contributed by atoms with Gasteiger partial charge in [0.15, 0.2) is 0 Å². The molecule has 0 heterocycles. The number of esters is 1. The molecule has 3 aliphatic rings. The van der Waals surface area contributed by atoms with E-state index in [4.69, 9.17) is 8.92 Å². The van der Waals surface area contributed by atoms with Crippen molar-refractivity contribution in [3.05, 3.63) is 0 Å². The fraction of sp³-hybridized carbons (Fsp3) is 0.900. The summed E-state index contributed by atoms with van der Waals surface area (Å²) in [5.41, 5.74) is -0.105. The van der Waals surface area contributed by atoms with Gasteiger partial charge < -0.3 is 4.74 Å². The molecule has 0 spiro atoms. The lowest BCUT2D eigenvalue weighted by Gasteiger charge is -2.37. The van der Waals surface area contributed by atoms with Crippen molar-refractivity contribution in [2.45, 2.75) is 19.3 Å². The molecule has 3 rings (SSSR count). The second kappa shape index (κ2) is 3.70. The van der Waals surface area contributed by atoms with Crippen molar-refractivity contribution < 1.29 is 22.1 Å². The molecule has 1 atom stereocenters. The zero-order valence-electron chi connectivity index (χ0n) is 9.43. The molecule has 0 unspecified atom stereocenters. The highest BCUT2D eigenvalue weighted by atomic mass is 32.2. The molecular weight excluding hydrogens is 232 g/mol. The van der Waals surface area contributed by atoms with Crippen molar-refractivity contribution in [2.24, 2.45) is 17.3 Å². The Hall–Kier alpha value is -0.620. The van der Waals surface area contributed by atoms with Gasteiger partial charge in [-0.25, -0.2) is 0 Å². The number of carbonyl (C=O) groups is 1. The van der Waals surface area contributed by atoms with Gasteiger partial charge in [0.2, 0.25) is 0 Å². The van der Waals surface area contributed by atoms with Crippen LogP contribution < -0.4 is 0 Å². The third-order valence-electron chi connectivity index (χ3n) is 3.70. The fourth-order valence-corrected chi connectivity index (χ4v) is 3.44. The van der Waals surface area contributed by atoms with E-state index in [2.05, 4.69) is 0 Å². The van der Waals surface area contributed by atoms with Crippen LogP contribution in [0.1, 0.15) is 19.3 Å². The van der Waals surface area contributed by atoms with Gasteiger partial charge in [-0.3, -0.25) is 8.98 Å². The van der Waals surface area contributed by atoms with E-state index in [-0.39, 0.29) is 23.9 Å². The van der Waals surface area contributed by atoms with E-state index in [1.165, 1.54) is 7.11 Å². The van der Waals surface area contributed by atoms with E-state index < -0.39 is 10.1 Å². The Labute approximate surface area is 95.2 Å². The summed E-state index contributed by atoms with van der Waals surface area (Å²) in [4.78, 5) is 11.4. The van der Waals surface area contributed by atoms with Crippen LogP contribution >= 0.6 is 0 Å². The summed E-state index contributed by atoms with van der Waals surface area (Å²) in [6.45, 7) is 0.204. The topological polar surface area (TPSA) is 69.7 Å². The molecule has 0 radical (unpaired) electrons. The van der Waals surface area contributed by atoms with Gasteiger partial charge in [0.1, 0.15) is 0 Å². The van der Waals surface area contributed by atoms with Crippen molar-refractivity contribution in [1.82, 2.24) is 0 Å². The van der Waals surface area contributed by atoms with Crippen LogP contribution in [-0.2, 0) is 23.8 Å². The number of fused-ring (bicyclic) bond motifs is 1. The SMILES string of the molecule is COC(=O)[C@H]1CC2(COS(C)(=O)=O)CC1C2. The zero-order chi connectivity index (χ0) is 12.0. The molecule has 5 nitrogen and oxygen atoms in total. The highest BCUT2D eigenvalue weighted by molar-refractivity contribution is 7.85. The summed E-state index contributed by atoms with van der Waals surface area (Å²) in [5.74, 6) is 0.118. The van der Waals surface area contributed by atoms with Crippen molar-refractivity contribution >= 4 is 16.1 Å². The molecule has 3 fully saturated rings. The third kappa shape index (κ3) is 2.08. The van der Waals surface area contributed by atoms with E-state index in [9.17, 15) is 13.2 Å². The Morgan fingerprint density at radius 2 is 2.00 bits per heavy atom. The van der Waals surface area contributed by atoms with Gasteiger partial charge in [-0.1, -0.05) is 0 Å². The smallest absolute Gasteiger partial charge is 0.308 e. The Morgan fingerprint density at radius 1 is 1.38 bits per heavy atom. The van der Waals surface area contributed by atoms with Crippen LogP contribution in [0.2, 0.25) is 0 Å². The van der Waals surface area contributed by atoms with Crippen molar-refractivity contribution in [3.63, 3.8) is 0 Å². The summed E-state index contributed by atoms with van der Waals surface area (Å²) in [6, 6.07) is 0. The Bertz CT molecular complexity index is 393. The van der Waals surface area contributed by atoms with Crippen molar-refractivity contribution in [2.75, 3.05) is 20.0 Å². The minimum Gasteiger partial charge on any atom is -0.469 e. The van der Waals surface area contributed by atoms with Gasteiger partial charge in [0.05, 0.1) is 25.9 Å². The number of methoxy groups -OCH3 is 1. The quantitative estimate of drug-likeness (QED) is 0.537. The highest BCUT2D eigenvalue weighted by Gasteiger charge is 2.58. The first-order valence-electron chi connectivity index (χ1n) is 5.27. The molecule has 0 amide bonds. The summed E-state index contributed by atoms with van der Waals surface area (Å²) < 4.78 is 31.4. The van der Waals surface area contributed by atoms with E-state index in [0.29, 0.717) is 12.3 Å². The zero-order valence-corrected chi connectivity index (χ0v) is 10.2.